The number of nitrogens with zero attached hydrogens (tertiary/aromatic N) is 1. The van der Waals surface area contributed by atoms with E-state index >= 15 is 0 Å². The Morgan fingerprint density at radius 3 is 2.28 bits per heavy atom. The molecule has 0 N–H and O–H groups in total. The molecule has 18 heavy (non-hydrogen) atoms. The molecule has 1 aromatic heterocycles. The van der Waals surface area contributed by atoms with Gasteiger partial charge < -0.3 is 4.90 Å². The van der Waals surface area contributed by atoms with E-state index in [-0.39, 0.29) is 5.91 Å². The summed E-state index contributed by atoms with van der Waals surface area (Å²) in [5, 5.41) is 0. The summed E-state index contributed by atoms with van der Waals surface area (Å²) in [5.41, 5.74) is 0. The molecule has 102 valence electrons. The van der Waals surface area contributed by atoms with Gasteiger partial charge in [-0.15, -0.1) is 11.3 Å². The van der Waals surface area contributed by atoms with Crippen molar-refractivity contribution in [3.05, 3.63) is 20.8 Å². The number of amides is 1. The molecule has 0 unspecified atom stereocenters. The van der Waals surface area contributed by atoms with Gasteiger partial charge in [0.1, 0.15) is 0 Å². The lowest BCUT2D eigenvalue weighted by atomic mass is 10.2. The van der Waals surface area contributed by atoms with E-state index in [1.807, 2.05) is 17.0 Å². The molecule has 0 aliphatic carbocycles. The summed E-state index contributed by atoms with van der Waals surface area (Å²) in [7, 11) is 0. The summed E-state index contributed by atoms with van der Waals surface area (Å²) < 4.78 is 1.10. The molecule has 0 aliphatic rings. The van der Waals surface area contributed by atoms with Crippen molar-refractivity contribution in [2.45, 2.75) is 46.0 Å². The second kappa shape index (κ2) is 8.70. The Balaban J connectivity index is 2.51. The monoisotopic (exact) mass is 331 g/mol. The number of halogens is 1. The molecule has 1 rings (SSSR count). The summed E-state index contributed by atoms with van der Waals surface area (Å²) >= 11 is 5.09. The minimum Gasteiger partial charge on any atom is -0.342 e. The van der Waals surface area contributed by atoms with Crippen LogP contribution in [0, 0.1) is 0 Å². The van der Waals surface area contributed by atoms with Crippen LogP contribution < -0.4 is 0 Å². The van der Waals surface area contributed by atoms with Crippen LogP contribution >= 0.6 is 27.3 Å². The van der Waals surface area contributed by atoms with Crippen molar-refractivity contribution >= 4 is 33.2 Å². The Morgan fingerprint density at radius 1 is 1.22 bits per heavy atom. The van der Waals surface area contributed by atoms with E-state index in [0.29, 0.717) is 6.42 Å². The lowest BCUT2D eigenvalue weighted by molar-refractivity contribution is -0.130. The molecule has 0 fully saturated rings. The first-order valence-electron chi connectivity index (χ1n) is 6.69. The van der Waals surface area contributed by atoms with E-state index in [0.717, 1.165) is 47.4 Å². The Bertz CT molecular complexity index is 356. The predicted molar refractivity (Wildman–Crippen MR) is 82.1 cm³/mol. The highest BCUT2D eigenvalue weighted by Gasteiger charge is 2.13. The van der Waals surface area contributed by atoms with Gasteiger partial charge in [0, 0.05) is 18.0 Å². The van der Waals surface area contributed by atoms with Crippen LogP contribution in [-0.4, -0.2) is 23.9 Å². The zero-order valence-corrected chi connectivity index (χ0v) is 13.6. The van der Waals surface area contributed by atoms with E-state index < -0.39 is 0 Å². The van der Waals surface area contributed by atoms with Gasteiger partial charge >= 0.3 is 0 Å². The zero-order chi connectivity index (χ0) is 13.4. The quantitative estimate of drug-likeness (QED) is 0.687. The number of carbonyl (C=O) groups is 1. The number of thiophene rings is 1. The number of rotatable bonds is 8. The minimum absolute atomic E-state index is 0.270. The minimum atomic E-state index is 0.270. The number of carbonyl (C=O) groups excluding carboxylic acids is 1. The van der Waals surface area contributed by atoms with Gasteiger partial charge in [-0.2, -0.15) is 0 Å². The maximum atomic E-state index is 12.3. The molecular formula is C14H22BrNOS. The van der Waals surface area contributed by atoms with Crippen molar-refractivity contribution < 1.29 is 4.79 Å². The Kier molecular flexibility index (Phi) is 7.59. The normalized spacial score (nSPS) is 10.6. The van der Waals surface area contributed by atoms with Crippen molar-refractivity contribution in [1.82, 2.24) is 4.90 Å². The molecule has 0 saturated heterocycles. The Labute approximate surface area is 123 Å². The van der Waals surface area contributed by atoms with Gasteiger partial charge in [0.2, 0.25) is 5.91 Å². The first kappa shape index (κ1) is 15.7. The predicted octanol–water partition coefficient (Wildman–Crippen LogP) is 4.48. The van der Waals surface area contributed by atoms with Crippen LogP contribution in [0.3, 0.4) is 0 Å². The molecule has 4 heteroatoms. The Morgan fingerprint density at radius 2 is 1.83 bits per heavy atom. The molecule has 1 heterocycles. The van der Waals surface area contributed by atoms with Crippen molar-refractivity contribution in [2.75, 3.05) is 13.1 Å². The van der Waals surface area contributed by atoms with Crippen LogP contribution in [0.5, 0.6) is 0 Å². The van der Waals surface area contributed by atoms with E-state index in [1.165, 1.54) is 0 Å². The first-order chi connectivity index (χ1) is 8.67. The first-order valence-corrected chi connectivity index (χ1v) is 8.30. The van der Waals surface area contributed by atoms with E-state index in [1.54, 1.807) is 11.3 Å². The Hall–Kier alpha value is -0.350. The van der Waals surface area contributed by atoms with E-state index in [4.69, 9.17) is 0 Å². The topological polar surface area (TPSA) is 20.3 Å². The van der Waals surface area contributed by atoms with Crippen molar-refractivity contribution in [3.8, 4) is 0 Å². The number of hydrogen-bond donors (Lipinski definition) is 0. The summed E-state index contributed by atoms with van der Waals surface area (Å²) in [6.07, 6.45) is 5.03. The molecule has 0 spiro atoms. The molecule has 0 aliphatic heterocycles. The highest BCUT2D eigenvalue weighted by molar-refractivity contribution is 9.11. The number of unbranched alkanes of at least 4 members (excludes halogenated alkanes) is 2. The van der Waals surface area contributed by atoms with Crippen molar-refractivity contribution in [3.63, 3.8) is 0 Å². The smallest absolute Gasteiger partial charge is 0.227 e. The fourth-order valence-electron chi connectivity index (χ4n) is 1.77. The average Bonchev–Trinajstić information content (AvgIpc) is 2.75. The fraction of sp³-hybridized carbons (Fsp3) is 0.643. The maximum absolute atomic E-state index is 12.3. The third-order valence-corrected chi connectivity index (χ3v) is 4.49. The van der Waals surface area contributed by atoms with Crippen LogP contribution in [0.25, 0.3) is 0 Å². The van der Waals surface area contributed by atoms with Gasteiger partial charge in [0.15, 0.2) is 0 Å². The summed E-state index contributed by atoms with van der Waals surface area (Å²) in [6.45, 7) is 6.14. The molecule has 0 radical (unpaired) electrons. The van der Waals surface area contributed by atoms with Crippen LogP contribution in [0.4, 0.5) is 0 Å². The molecule has 0 atom stereocenters. The summed E-state index contributed by atoms with van der Waals surface area (Å²) in [4.78, 5) is 15.4. The summed E-state index contributed by atoms with van der Waals surface area (Å²) in [5.74, 6) is 0.270. The lowest BCUT2D eigenvalue weighted by Crippen LogP contribution is -2.33. The fourth-order valence-corrected chi connectivity index (χ4v) is 3.24. The second-order valence-corrected chi connectivity index (χ2v) is 7.02. The van der Waals surface area contributed by atoms with Crippen LogP contribution in [0.1, 0.15) is 44.4 Å². The molecule has 1 amide bonds. The van der Waals surface area contributed by atoms with Gasteiger partial charge in [-0.1, -0.05) is 26.7 Å². The maximum Gasteiger partial charge on any atom is 0.227 e. The third-order valence-electron chi connectivity index (χ3n) is 2.87. The summed E-state index contributed by atoms with van der Waals surface area (Å²) in [6, 6.07) is 4.04. The number of hydrogen-bond acceptors (Lipinski definition) is 2. The molecule has 2 nitrogen and oxygen atoms in total. The standard InChI is InChI=1S/C14H22BrNOS/c1-3-5-9-16(10-6-4-2)14(17)11-12-7-8-13(15)18-12/h7-8H,3-6,9-11H2,1-2H3. The molecular weight excluding hydrogens is 310 g/mol. The van der Waals surface area contributed by atoms with Gasteiger partial charge in [-0.3, -0.25) is 4.79 Å². The van der Waals surface area contributed by atoms with Crippen molar-refractivity contribution in [1.29, 1.82) is 0 Å². The van der Waals surface area contributed by atoms with Crippen LogP contribution in [0.2, 0.25) is 0 Å². The average molecular weight is 332 g/mol. The SMILES string of the molecule is CCCCN(CCCC)C(=O)Cc1ccc(Br)s1. The lowest BCUT2D eigenvalue weighted by Gasteiger charge is -2.22. The van der Waals surface area contributed by atoms with Crippen LogP contribution in [0.15, 0.2) is 15.9 Å². The third kappa shape index (κ3) is 5.53. The second-order valence-electron chi connectivity index (χ2n) is 4.47. The zero-order valence-electron chi connectivity index (χ0n) is 11.2. The van der Waals surface area contributed by atoms with Crippen LogP contribution in [-0.2, 0) is 11.2 Å². The van der Waals surface area contributed by atoms with E-state index in [2.05, 4.69) is 29.8 Å². The van der Waals surface area contributed by atoms with E-state index in [9.17, 15) is 4.79 Å². The molecule has 0 bridgehead atoms. The van der Waals surface area contributed by atoms with Gasteiger partial charge in [-0.05, 0) is 40.9 Å². The van der Waals surface area contributed by atoms with Crippen molar-refractivity contribution in [2.24, 2.45) is 0 Å². The highest BCUT2D eigenvalue weighted by atomic mass is 79.9. The van der Waals surface area contributed by atoms with Gasteiger partial charge in [0.05, 0.1) is 10.2 Å². The van der Waals surface area contributed by atoms with Gasteiger partial charge in [0.25, 0.3) is 0 Å². The molecule has 0 saturated carbocycles. The largest absolute Gasteiger partial charge is 0.342 e. The molecule has 1 aromatic rings. The highest BCUT2D eigenvalue weighted by Crippen LogP contribution is 2.22. The molecule has 0 aromatic carbocycles. The van der Waals surface area contributed by atoms with Gasteiger partial charge in [-0.25, -0.2) is 0 Å².